The summed E-state index contributed by atoms with van der Waals surface area (Å²) in [6, 6.07) is 4.94. The molecule has 40 heavy (non-hydrogen) atoms. The van der Waals surface area contributed by atoms with E-state index in [9.17, 15) is 40.0 Å². The molecule has 8 nitrogen and oxygen atoms in total. The van der Waals surface area contributed by atoms with Gasteiger partial charge in [0.1, 0.15) is 23.1 Å². The van der Waals surface area contributed by atoms with Gasteiger partial charge in [-0.05, 0) is 36.4 Å². The molecule has 1 saturated heterocycles. The molecule has 210 valence electrons. The Morgan fingerprint density at radius 3 is 2.45 bits per heavy atom. The number of hydrogen-bond acceptors (Lipinski definition) is 6. The van der Waals surface area contributed by atoms with Crippen molar-refractivity contribution in [1.29, 1.82) is 0 Å². The molecule has 0 bridgehead atoms. The predicted molar refractivity (Wildman–Crippen MR) is 135 cm³/mol. The zero-order chi connectivity index (χ0) is 29.1. The SMILES string of the molecule is CS(=O)(=O)C1CN(c2cc(NC(=O)c3cc(F)cc(C(F)(F)F)c3)c3c(n2)C(=O)NC3c2cc(F)ccc2Cl)C1. The summed E-state index contributed by atoms with van der Waals surface area (Å²) >= 11 is 6.26. The minimum absolute atomic E-state index is 0.0393. The van der Waals surface area contributed by atoms with E-state index in [-0.39, 0.29) is 52.5 Å². The number of carbonyl (C=O) groups excluding carboxylic acids is 2. The van der Waals surface area contributed by atoms with Crippen LogP contribution in [0, 0.1) is 11.6 Å². The number of rotatable bonds is 5. The van der Waals surface area contributed by atoms with Gasteiger partial charge in [0.25, 0.3) is 11.8 Å². The van der Waals surface area contributed by atoms with Gasteiger partial charge in [-0.2, -0.15) is 13.2 Å². The highest BCUT2D eigenvalue weighted by atomic mass is 35.5. The molecule has 15 heteroatoms. The zero-order valence-corrected chi connectivity index (χ0v) is 21.9. The first-order valence-electron chi connectivity index (χ1n) is 11.6. The number of alkyl halides is 3. The van der Waals surface area contributed by atoms with Crippen LogP contribution in [0.4, 0.5) is 33.5 Å². The van der Waals surface area contributed by atoms with Gasteiger partial charge >= 0.3 is 6.18 Å². The minimum Gasteiger partial charge on any atom is -0.354 e. The molecule has 2 N–H and O–H groups in total. The Morgan fingerprint density at radius 1 is 1.10 bits per heavy atom. The zero-order valence-electron chi connectivity index (χ0n) is 20.3. The second-order valence-electron chi connectivity index (χ2n) is 9.40. The van der Waals surface area contributed by atoms with Crippen LogP contribution in [-0.4, -0.2) is 49.8 Å². The fourth-order valence-electron chi connectivity index (χ4n) is 4.49. The summed E-state index contributed by atoms with van der Waals surface area (Å²) in [6.07, 6.45) is -3.85. The van der Waals surface area contributed by atoms with E-state index in [1.54, 1.807) is 0 Å². The standard InChI is InChI=1S/C25H18ClF5N4O4S/c1-40(38,39)15-9-35(10-15)19-8-18(32-23(36)11-4-12(25(29,30)31)6-14(28)5-11)20-21(34-24(37)22(20)33-19)16-7-13(27)2-3-17(16)26/h2-8,15,21H,9-10H2,1H3,(H,34,37)(H,32,33,36). The van der Waals surface area contributed by atoms with Gasteiger partial charge in [-0.25, -0.2) is 22.2 Å². The molecule has 1 fully saturated rings. The lowest BCUT2D eigenvalue weighted by Gasteiger charge is -2.39. The summed E-state index contributed by atoms with van der Waals surface area (Å²) in [5.41, 5.74) is -2.18. The number of halogens is 6. The molecule has 3 heterocycles. The Kier molecular flexibility index (Phi) is 6.73. The van der Waals surface area contributed by atoms with E-state index in [4.69, 9.17) is 11.6 Å². The van der Waals surface area contributed by atoms with Crippen LogP contribution in [0.5, 0.6) is 0 Å². The van der Waals surface area contributed by atoms with Crippen molar-refractivity contribution < 1.29 is 40.0 Å². The third kappa shape index (κ3) is 5.20. The largest absolute Gasteiger partial charge is 0.416 e. The number of benzene rings is 2. The molecule has 1 unspecified atom stereocenters. The van der Waals surface area contributed by atoms with E-state index in [0.717, 1.165) is 18.4 Å². The minimum atomic E-state index is -4.93. The van der Waals surface area contributed by atoms with Crippen molar-refractivity contribution >= 4 is 44.8 Å². The monoisotopic (exact) mass is 600 g/mol. The Labute approximate surface area is 229 Å². The molecular formula is C25H18ClF5N4O4S. The number of sulfone groups is 1. The number of aromatic nitrogens is 1. The number of carbonyl (C=O) groups is 2. The van der Waals surface area contributed by atoms with Gasteiger partial charge in [0, 0.05) is 47.1 Å². The Hall–Kier alpha value is -3.78. The van der Waals surface area contributed by atoms with Crippen LogP contribution >= 0.6 is 11.6 Å². The fourth-order valence-corrected chi connectivity index (χ4v) is 5.62. The number of fused-ring (bicyclic) bond motifs is 1. The van der Waals surface area contributed by atoms with Gasteiger partial charge in [-0.3, -0.25) is 9.59 Å². The Balaban J connectivity index is 1.60. The second-order valence-corrected chi connectivity index (χ2v) is 12.1. The van der Waals surface area contributed by atoms with Crippen LogP contribution in [0.1, 0.15) is 43.6 Å². The van der Waals surface area contributed by atoms with Crippen LogP contribution < -0.4 is 15.5 Å². The van der Waals surface area contributed by atoms with Gasteiger partial charge in [0.15, 0.2) is 9.84 Å². The first-order chi connectivity index (χ1) is 18.6. The van der Waals surface area contributed by atoms with Crippen LogP contribution in [0.25, 0.3) is 0 Å². The van der Waals surface area contributed by atoms with Crippen LogP contribution in [0.15, 0.2) is 42.5 Å². The van der Waals surface area contributed by atoms with Crippen molar-refractivity contribution in [1.82, 2.24) is 10.3 Å². The molecule has 0 saturated carbocycles. The van der Waals surface area contributed by atoms with Crippen LogP contribution in [0.3, 0.4) is 0 Å². The van der Waals surface area contributed by atoms with Crippen molar-refractivity contribution in [3.63, 3.8) is 0 Å². The first-order valence-corrected chi connectivity index (χ1v) is 13.9. The number of anilines is 2. The third-order valence-corrected chi connectivity index (χ3v) is 8.46. The van der Waals surface area contributed by atoms with E-state index < -0.39 is 61.9 Å². The molecule has 0 radical (unpaired) electrons. The maximum absolute atomic E-state index is 14.1. The van der Waals surface area contributed by atoms with E-state index in [0.29, 0.717) is 12.1 Å². The molecule has 3 aromatic rings. The summed E-state index contributed by atoms with van der Waals surface area (Å²) in [5.74, 6) is -3.72. The molecule has 0 spiro atoms. The number of amides is 2. The highest BCUT2D eigenvalue weighted by Gasteiger charge is 2.40. The molecule has 1 atom stereocenters. The molecule has 2 aliphatic heterocycles. The van der Waals surface area contributed by atoms with E-state index in [1.807, 2.05) is 0 Å². The van der Waals surface area contributed by atoms with Gasteiger partial charge in [-0.15, -0.1) is 0 Å². The highest BCUT2D eigenvalue weighted by Crippen LogP contribution is 2.41. The first kappa shape index (κ1) is 27.8. The van der Waals surface area contributed by atoms with E-state index >= 15 is 0 Å². The maximum Gasteiger partial charge on any atom is 0.416 e. The van der Waals surface area contributed by atoms with Gasteiger partial charge in [0.2, 0.25) is 0 Å². The Morgan fingerprint density at radius 2 is 1.80 bits per heavy atom. The van der Waals surface area contributed by atoms with Crippen molar-refractivity contribution in [2.24, 2.45) is 0 Å². The molecule has 2 aromatic carbocycles. The van der Waals surface area contributed by atoms with Crippen molar-refractivity contribution in [3.05, 3.63) is 87.1 Å². The van der Waals surface area contributed by atoms with E-state index in [1.165, 1.54) is 17.0 Å². The number of hydrogen-bond donors (Lipinski definition) is 2. The normalized spacial score (nSPS) is 17.3. The lowest BCUT2D eigenvalue weighted by atomic mass is 9.98. The van der Waals surface area contributed by atoms with Crippen LogP contribution in [-0.2, 0) is 16.0 Å². The molecular weight excluding hydrogens is 583 g/mol. The Bertz CT molecular complexity index is 1680. The topological polar surface area (TPSA) is 108 Å². The van der Waals surface area contributed by atoms with Gasteiger partial charge in [0.05, 0.1) is 22.5 Å². The number of pyridine rings is 1. The van der Waals surface area contributed by atoms with E-state index in [2.05, 4.69) is 15.6 Å². The summed E-state index contributed by atoms with van der Waals surface area (Å²) in [4.78, 5) is 31.9. The van der Waals surface area contributed by atoms with Crippen molar-refractivity contribution in [2.45, 2.75) is 17.5 Å². The quantitative estimate of drug-likeness (QED) is 0.422. The van der Waals surface area contributed by atoms with Gasteiger partial charge < -0.3 is 15.5 Å². The highest BCUT2D eigenvalue weighted by molar-refractivity contribution is 7.91. The molecule has 5 rings (SSSR count). The summed E-state index contributed by atoms with van der Waals surface area (Å²) in [6.45, 7) is 0.0786. The third-order valence-electron chi connectivity index (χ3n) is 6.61. The van der Waals surface area contributed by atoms with Crippen molar-refractivity contribution in [3.8, 4) is 0 Å². The lowest BCUT2D eigenvalue weighted by molar-refractivity contribution is -0.137. The average Bonchev–Trinajstić information content (AvgIpc) is 3.14. The molecule has 1 aromatic heterocycles. The van der Waals surface area contributed by atoms with Crippen molar-refractivity contribution in [2.75, 3.05) is 29.6 Å². The summed E-state index contributed by atoms with van der Waals surface area (Å²) in [7, 11) is -3.36. The number of nitrogens with zero attached hydrogens (tertiary/aromatic N) is 2. The molecule has 0 aliphatic carbocycles. The summed E-state index contributed by atoms with van der Waals surface area (Å²) < 4.78 is 91.5. The fraction of sp³-hybridized carbons (Fsp3) is 0.240. The lowest BCUT2D eigenvalue weighted by Crippen LogP contribution is -2.55. The molecule has 2 aliphatic rings. The maximum atomic E-state index is 14.1. The smallest absolute Gasteiger partial charge is 0.354 e. The molecule has 2 amide bonds. The number of nitrogens with one attached hydrogen (secondary N) is 2. The van der Waals surface area contributed by atoms with Crippen LogP contribution in [0.2, 0.25) is 5.02 Å². The average molecular weight is 601 g/mol. The predicted octanol–water partition coefficient (Wildman–Crippen LogP) is 4.35. The second kappa shape index (κ2) is 9.70. The summed E-state index contributed by atoms with van der Waals surface area (Å²) in [5, 5.41) is 4.40. The van der Waals surface area contributed by atoms with Gasteiger partial charge in [-0.1, -0.05) is 11.6 Å².